The number of hydrogen-bond donors (Lipinski definition) is 6. The van der Waals surface area contributed by atoms with Crippen LogP contribution in [0.2, 0.25) is 0 Å². The maximum atomic E-state index is 11.5. The number of H-pyrrole nitrogens is 2. The van der Waals surface area contributed by atoms with Crippen LogP contribution < -0.4 is 10.9 Å². The minimum Gasteiger partial charge on any atom is -0.395 e. The molecule has 0 bridgehead atoms. The summed E-state index contributed by atoms with van der Waals surface area (Å²) in [7, 11) is 0. The molecule has 102 valence electrons. The van der Waals surface area contributed by atoms with Crippen molar-refractivity contribution in [1.82, 2.24) is 25.5 Å². The van der Waals surface area contributed by atoms with Gasteiger partial charge in [-0.3, -0.25) is 15.2 Å². The fourth-order valence-electron chi connectivity index (χ4n) is 2.36. The maximum Gasteiger partial charge on any atom is 0.279 e. The minimum atomic E-state index is -1.12. The molecule has 1 aliphatic heterocycles. The molecule has 9 nitrogen and oxygen atoms in total. The van der Waals surface area contributed by atoms with Gasteiger partial charge in [-0.15, -0.1) is 0 Å². The van der Waals surface area contributed by atoms with Crippen LogP contribution in [0.1, 0.15) is 11.7 Å². The number of nitrogens with zero attached hydrogens (tertiary/aromatic N) is 2. The molecule has 0 aromatic carbocycles. The first-order valence-corrected chi connectivity index (χ1v) is 5.78. The molecule has 19 heavy (non-hydrogen) atoms. The third kappa shape index (κ3) is 1.75. The summed E-state index contributed by atoms with van der Waals surface area (Å²) >= 11 is 0. The molecule has 0 amide bonds. The third-order valence-electron chi connectivity index (χ3n) is 3.38. The lowest BCUT2D eigenvalue weighted by molar-refractivity contribution is 0.0191. The highest BCUT2D eigenvalue weighted by molar-refractivity contribution is 5.76. The summed E-state index contributed by atoms with van der Waals surface area (Å²) in [5.41, 5.74) is 0.474. The predicted octanol–water partition coefficient (Wildman–Crippen LogP) is -2.63. The first-order valence-electron chi connectivity index (χ1n) is 5.78. The Hall–Kier alpha value is -1.81. The highest BCUT2D eigenvalue weighted by Crippen LogP contribution is 2.28. The Balaban J connectivity index is 2.06. The summed E-state index contributed by atoms with van der Waals surface area (Å²) < 4.78 is 0. The Morgan fingerprint density at radius 2 is 2.05 bits per heavy atom. The molecule has 1 saturated heterocycles. The molecule has 1 unspecified atom stereocenters. The molecule has 4 atom stereocenters. The molecular weight excluding hydrogens is 254 g/mol. The zero-order chi connectivity index (χ0) is 13.6. The lowest BCUT2D eigenvalue weighted by Crippen LogP contribution is -2.35. The maximum absolute atomic E-state index is 11.5. The van der Waals surface area contributed by atoms with E-state index < -0.39 is 24.3 Å². The smallest absolute Gasteiger partial charge is 0.279 e. The van der Waals surface area contributed by atoms with E-state index in [-0.39, 0.29) is 17.7 Å². The fourth-order valence-corrected chi connectivity index (χ4v) is 2.36. The molecule has 1 aliphatic rings. The molecule has 0 saturated carbocycles. The number of nitrogens with one attached hydrogen (secondary N) is 3. The molecule has 1 fully saturated rings. The van der Waals surface area contributed by atoms with Crippen molar-refractivity contribution < 1.29 is 15.3 Å². The summed E-state index contributed by atoms with van der Waals surface area (Å²) in [6.07, 6.45) is -0.984. The summed E-state index contributed by atoms with van der Waals surface area (Å²) in [6, 6.07) is -1.31. The topological polar surface area (TPSA) is 147 Å². The molecule has 0 spiro atoms. The van der Waals surface area contributed by atoms with Crippen molar-refractivity contribution >= 4 is 11.0 Å². The first kappa shape index (κ1) is 12.2. The number of aromatic amines is 2. The van der Waals surface area contributed by atoms with E-state index in [1.807, 2.05) is 0 Å². The molecule has 9 heteroatoms. The van der Waals surface area contributed by atoms with Gasteiger partial charge in [-0.2, -0.15) is 5.10 Å². The van der Waals surface area contributed by atoms with Crippen molar-refractivity contribution in [3.8, 4) is 0 Å². The van der Waals surface area contributed by atoms with Crippen molar-refractivity contribution in [2.45, 2.75) is 24.3 Å². The zero-order valence-electron chi connectivity index (χ0n) is 9.74. The molecule has 2 aromatic rings. The van der Waals surface area contributed by atoms with E-state index in [1.165, 1.54) is 6.33 Å². The van der Waals surface area contributed by atoms with Crippen molar-refractivity contribution in [3.63, 3.8) is 0 Å². The lowest BCUT2D eigenvalue weighted by Gasteiger charge is -2.13. The molecular formula is C10H13N5O4. The number of hydrogen-bond acceptors (Lipinski definition) is 7. The molecule has 3 rings (SSSR count). The largest absolute Gasteiger partial charge is 0.395 e. The van der Waals surface area contributed by atoms with Crippen LogP contribution in [0.3, 0.4) is 0 Å². The Morgan fingerprint density at radius 1 is 1.26 bits per heavy atom. The van der Waals surface area contributed by atoms with Gasteiger partial charge in [0.1, 0.15) is 11.6 Å². The number of aromatic nitrogens is 4. The van der Waals surface area contributed by atoms with Crippen LogP contribution in [0.15, 0.2) is 11.1 Å². The quantitative estimate of drug-likeness (QED) is 0.349. The Morgan fingerprint density at radius 3 is 2.74 bits per heavy atom. The van der Waals surface area contributed by atoms with Crippen LogP contribution in [0.4, 0.5) is 0 Å². The van der Waals surface area contributed by atoms with Gasteiger partial charge in [-0.05, 0) is 0 Å². The molecule has 3 heterocycles. The highest BCUT2D eigenvalue weighted by atomic mass is 16.3. The number of aliphatic hydroxyl groups is 3. The van der Waals surface area contributed by atoms with Crippen LogP contribution in [0.25, 0.3) is 11.0 Å². The normalized spacial score (nSPS) is 31.1. The van der Waals surface area contributed by atoms with Crippen LogP contribution in [0, 0.1) is 0 Å². The SMILES string of the molecule is O=c1[nH]cnc2c(C3N[C@H](CO)[C@H](O)[C@@H]3O)[nH]nc12. The Labute approximate surface area is 106 Å². The van der Waals surface area contributed by atoms with Crippen molar-refractivity contribution in [1.29, 1.82) is 0 Å². The average molecular weight is 267 g/mol. The summed E-state index contributed by atoms with van der Waals surface area (Å²) in [4.78, 5) is 17.9. The van der Waals surface area contributed by atoms with Gasteiger partial charge in [-0.25, -0.2) is 4.98 Å². The average Bonchev–Trinajstić information content (AvgIpc) is 2.94. The Kier molecular flexibility index (Phi) is 2.82. The van der Waals surface area contributed by atoms with Gasteiger partial charge in [-0.1, -0.05) is 0 Å². The van der Waals surface area contributed by atoms with Gasteiger partial charge >= 0.3 is 0 Å². The number of aliphatic hydroxyl groups excluding tert-OH is 3. The van der Waals surface area contributed by atoms with E-state index in [4.69, 9.17) is 5.11 Å². The van der Waals surface area contributed by atoms with Gasteiger partial charge in [0.05, 0.1) is 36.8 Å². The minimum absolute atomic E-state index is 0.133. The molecule has 2 aromatic heterocycles. The van der Waals surface area contributed by atoms with Crippen LogP contribution in [-0.4, -0.2) is 60.3 Å². The van der Waals surface area contributed by atoms with E-state index in [0.29, 0.717) is 11.2 Å². The van der Waals surface area contributed by atoms with Crippen LogP contribution in [-0.2, 0) is 0 Å². The Bertz CT molecular complexity index is 653. The summed E-state index contributed by atoms with van der Waals surface area (Å²) in [5.74, 6) is 0. The highest BCUT2D eigenvalue weighted by Gasteiger charge is 2.43. The second-order valence-corrected chi connectivity index (χ2v) is 4.48. The fraction of sp³-hybridized carbons (Fsp3) is 0.500. The molecule has 0 aliphatic carbocycles. The van der Waals surface area contributed by atoms with Gasteiger partial charge in [0, 0.05) is 0 Å². The van der Waals surface area contributed by atoms with Gasteiger partial charge in [0.15, 0.2) is 5.52 Å². The van der Waals surface area contributed by atoms with E-state index in [0.717, 1.165) is 0 Å². The first-order chi connectivity index (χ1) is 9.13. The van der Waals surface area contributed by atoms with E-state index in [9.17, 15) is 15.0 Å². The van der Waals surface area contributed by atoms with Crippen molar-refractivity contribution in [3.05, 3.63) is 22.4 Å². The molecule has 0 radical (unpaired) electrons. The second kappa shape index (κ2) is 4.38. The van der Waals surface area contributed by atoms with Crippen LogP contribution >= 0.6 is 0 Å². The molecule has 6 N–H and O–H groups in total. The van der Waals surface area contributed by atoms with Crippen LogP contribution in [0.5, 0.6) is 0 Å². The van der Waals surface area contributed by atoms with E-state index in [2.05, 4.69) is 25.5 Å². The third-order valence-corrected chi connectivity index (χ3v) is 3.38. The zero-order valence-corrected chi connectivity index (χ0v) is 9.74. The number of rotatable bonds is 2. The van der Waals surface area contributed by atoms with Crippen molar-refractivity contribution in [2.24, 2.45) is 0 Å². The summed E-state index contributed by atoms with van der Waals surface area (Å²) in [5, 5.41) is 38.2. The van der Waals surface area contributed by atoms with E-state index in [1.54, 1.807) is 0 Å². The lowest BCUT2D eigenvalue weighted by atomic mass is 10.1. The van der Waals surface area contributed by atoms with E-state index >= 15 is 0 Å². The van der Waals surface area contributed by atoms with Gasteiger partial charge in [0.25, 0.3) is 5.56 Å². The standard InChI is InChI=1S/C10H13N5O4/c16-1-3-8(17)9(18)6(13-3)5-4-7(15-14-5)10(19)12-2-11-4/h2-3,6,8-9,13,16-18H,1H2,(H,14,15)(H,11,12,19)/t3-,6?,8+,9-/m1/s1. The monoisotopic (exact) mass is 267 g/mol. The second-order valence-electron chi connectivity index (χ2n) is 4.48. The van der Waals surface area contributed by atoms with Gasteiger partial charge < -0.3 is 20.3 Å². The van der Waals surface area contributed by atoms with Crippen molar-refractivity contribution in [2.75, 3.05) is 6.61 Å². The van der Waals surface area contributed by atoms with Gasteiger partial charge in [0.2, 0.25) is 0 Å². The number of fused-ring (bicyclic) bond motifs is 1. The summed E-state index contributed by atoms with van der Waals surface area (Å²) in [6.45, 7) is -0.311. The predicted molar refractivity (Wildman–Crippen MR) is 63.3 cm³/mol.